The fourth-order valence-corrected chi connectivity index (χ4v) is 5.37. The molecule has 2 aliphatic rings. The summed E-state index contributed by atoms with van der Waals surface area (Å²) in [6.45, 7) is 13.7. The van der Waals surface area contributed by atoms with Crippen molar-refractivity contribution < 1.29 is 28.7 Å². The molecule has 3 atom stereocenters. The topological polar surface area (TPSA) is 134 Å². The first-order valence-electron chi connectivity index (χ1n) is 14.6. The molecule has 0 aromatic heterocycles. The molecule has 42 heavy (non-hydrogen) atoms. The number of allylic oxidation sites excluding steroid dienone is 1. The highest BCUT2D eigenvalue weighted by molar-refractivity contribution is 6.38. The average Bonchev–Trinajstić information content (AvgIpc) is 3.62. The van der Waals surface area contributed by atoms with Crippen LogP contribution in [-0.2, 0) is 36.8 Å². The van der Waals surface area contributed by atoms with E-state index in [4.69, 9.17) is 4.74 Å². The van der Waals surface area contributed by atoms with Crippen molar-refractivity contribution in [1.82, 2.24) is 20.9 Å². The Balaban J connectivity index is 1.78. The van der Waals surface area contributed by atoms with Gasteiger partial charge in [0.2, 0.25) is 17.6 Å². The Hall–Kier alpha value is -3.95. The summed E-state index contributed by atoms with van der Waals surface area (Å²) in [5.41, 5.74) is 2.00. The molecule has 10 heteroatoms. The smallest absolute Gasteiger partial charge is 0.407 e. The van der Waals surface area contributed by atoms with Gasteiger partial charge in [-0.2, -0.15) is 0 Å². The number of benzene rings is 1. The molecular formula is C32H44N4O6. The Morgan fingerprint density at radius 1 is 1.05 bits per heavy atom. The van der Waals surface area contributed by atoms with E-state index in [0.717, 1.165) is 11.1 Å². The number of amides is 4. The van der Waals surface area contributed by atoms with Crippen LogP contribution in [0.1, 0.15) is 57.6 Å². The number of Topliss-reactive ketones (excluding diaryl/α,β-unsaturated/α-hetero) is 1. The molecule has 0 bridgehead atoms. The van der Waals surface area contributed by atoms with Crippen LogP contribution < -0.4 is 16.0 Å². The fraction of sp³-hybridized carbons (Fsp3) is 0.531. The molecule has 1 fully saturated rings. The molecule has 0 saturated carbocycles. The van der Waals surface area contributed by atoms with E-state index in [0.29, 0.717) is 38.6 Å². The number of likely N-dealkylation sites (tertiary alicyclic amines) is 1. The molecule has 1 aliphatic carbocycles. The predicted octanol–water partition coefficient (Wildman–Crippen LogP) is 2.86. The highest BCUT2D eigenvalue weighted by atomic mass is 16.5. The summed E-state index contributed by atoms with van der Waals surface area (Å²) < 4.78 is 5.44. The zero-order valence-electron chi connectivity index (χ0n) is 24.9. The maximum atomic E-state index is 14.1. The maximum absolute atomic E-state index is 14.1. The van der Waals surface area contributed by atoms with Crippen molar-refractivity contribution in [3.05, 3.63) is 60.7 Å². The third-order valence-electron chi connectivity index (χ3n) is 7.49. The maximum Gasteiger partial charge on any atom is 0.407 e. The van der Waals surface area contributed by atoms with Crippen LogP contribution in [0, 0.1) is 11.3 Å². The first-order valence-corrected chi connectivity index (χ1v) is 14.6. The lowest BCUT2D eigenvalue weighted by Gasteiger charge is -2.32. The van der Waals surface area contributed by atoms with E-state index in [9.17, 15) is 24.0 Å². The van der Waals surface area contributed by atoms with Crippen LogP contribution in [0.2, 0.25) is 0 Å². The number of rotatable bonds is 13. The largest absolute Gasteiger partial charge is 0.449 e. The van der Waals surface area contributed by atoms with Gasteiger partial charge in [-0.3, -0.25) is 19.2 Å². The van der Waals surface area contributed by atoms with Gasteiger partial charge in [-0.15, -0.1) is 13.2 Å². The van der Waals surface area contributed by atoms with Gasteiger partial charge in [0.25, 0.3) is 5.91 Å². The Bertz CT molecular complexity index is 1160. The van der Waals surface area contributed by atoms with Crippen molar-refractivity contribution in [2.75, 3.05) is 19.7 Å². The molecule has 1 aliphatic heterocycles. The zero-order chi connectivity index (χ0) is 30.9. The highest BCUT2D eigenvalue weighted by Gasteiger charge is 2.43. The Morgan fingerprint density at radius 2 is 1.71 bits per heavy atom. The van der Waals surface area contributed by atoms with Crippen LogP contribution in [0.3, 0.4) is 0 Å². The number of hydrogen-bond acceptors (Lipinski definition) is 6. The van der Waals surface area contributed by atoms with Gasteiger partial charge >= 0.3 is 6.09 Å². The second kappa shape index (κ2) is 14.8. The summed E-state index contributed by atoms with van der Waals surface area (Å²) in [6.07, 6.45) is 5.17. The van der Waals surface area contributed by atoms with Crippen LogP contribution in [-0.4, -0.2) is 72.3 Å². The first kappa shape index (κ1) is 32.6. The molecular weight excluding hydrogens is 536 g/mol. The third-order valence-corrected chi connectivity index (χ3v) is 7.49. The normalized spacial score (nSPS) is 17.9. The van der Waals surface area contributed by atoms with Crippen molar-refractivity contribution >= 4 is 29.6 Å². The van der Waals surface area contributed by atoms with Crippen molar-refractivity contribution in [3.8, 4) is 0 Å². The summed E-state index contributed by atoms with van der Waals surface area (Å²) in [4.78, 5) is 67.1. The van der Waals surface area contributed by atoms with Gasteiger partial charge < -0.3 is 25.6 Å². The van der Waals surface area contributed by atoms with E-state index in [1.54, 1.807) is 6.08 Å². The van der Waals surface area contributed by atoms with Gasteiger partial charge in [-0.1, -0.05) is 57.2 Å². The number of nitrogens with zero attached hydrogens (tertiary/aromatic N) is 1. The van der Waals surface area contributed by atoms with Gasteiger partial charge in [-0.25, -0.2) is 4.79 Å². The molecule has 10 nitrogen and oxygen atoms in total. The van der Waals surface area contributed by atoms with Crippen LogP contribution >= 0.6 is 0 Å². The molecule has 0 radical (unpaired) electrons. The lowest BCUT2D eigenvalue weighted by molar-refractivity contribution is -0.143. The number of ether oxygens (including phenoxy) is 1. The third kappa shape index (κ3) is 8.77. The second-order valence-electron chi connectivity index (χ2n) is 12.2. The van der Waals surface area contributed by atoms with Gasteiger partial charge in [0, 0.05) is 13.1 Å². The van der Waals surface area contributed by atoms with Crippen molar-refractivity contribution in [2.45, 2.75) is 77.4 Å². The summed E-state index contributed by atoms with van der Waals surface area (Å²) in [5, 5.41) is 7.97. The lowest BCUT2D eigenvalue weighted by atomic mass is 9.95. The monoisotopic (exact) mass is 580 g/mol. The predicted molar refractivity (Wildman–Crippen MR) is 159 cm³/mol. The van der Waals surface area contributed by atoms with E-state index in [2.05, 4.69) is 29.1 Å². The lowest BCUT2D eigenvalue weighted by Crippen LogP contribution is -2.58. The number of ketones is 1. The van der Waals surface area contributed by atoms with Crippen LogP contribution in [0.15, 0.2) is 49.6 Å². The number of carbonyl (C=O) groups is 5. The fourth-order valence-electron chi connectivity index (χ4n) is 5.37. The summed E-state index contributed by atoms with van der Waals surface area (Å²) >= 11 is 0. The number of fused-ring (bicyclic) bond motifs is 1. The molecule has 0 spiro atoms. The number of alkyl carbamates (subject to hydrolysis) is 1. The standard InChI is InChI=1S/C32H44N4O6/c1-6-8-14-24(27(37)29(39)33-16-7-2)34-28(38)25-15-11-17-36(25)30(40)26(35-31(41)42-20-32(3,4)5)23-18-21-12-9-10-13-22(21)19-23/h6-7,9-10,12-13,23-26H,1-2,8,11,14-20H2,3-5H3,(H,33,39)(H,34,38)(H,35,41)/t24?,25-,26-/m0/s1. The zero-order valence-corrected chi connectivity index (χ0v) is 24.9. The van der Waals surface area contributed by atoms with Crippen LogP contribution in [0.4, 0.5) is 4.79 Å². The van der Waals surface area contributed by atoms with E-state index in [1.807, 2.05) is 45.0 Å². The number of hydrogen-bond donors (Lipinski definition) is 3. The van der Waals surface area contributed by atoms with Gasteiger partial charge in [0.1, 0.15) is 12.1 Å². The summed E-state index contributed by atoms with van der Waals surface area (Å²) in [7, 11) is 0. The Kier molecular flexibility index (Phi) is 11.5. The minimum Gasteiger partial charge on any atom is -0.449 e. The minimum atomic E-state index is -1.07. The molecule has 1 saturated heterocycles. The van der Waals surface area contributed by atoms with Gasteiger partial charge in [0.15, 0.2) is 0 Å². The van der Waals surface area contributed by atoms with E-state index >= 15 is 0 Å². The molecule has 3 N–H and O–H groups in total. The molecule has 1 unspecified atom stereocenters. The molecule has 1 aromatic carbocycles. The van der Waals surface area contributed by atoms with E-state index < -0.39 is 41.8 Å². The molecule has 3 rings (SSSR count). The number of nitrogens with one attached hydrogen (secondary N) is 3. The van der Waals surface area contributed by atoms with E-state index in [-0.39, 0.29) is 36.8 Å². The second-order valence-corrected chi connectivity index (χ2v) is 12.2. The van der Waals surface area contributed by atoms with Crippen molar-refractivity contribution in [2.24, 2.45) is 11.3 Å². The quantitative estimate of drug-likeness (QED) is 0.243. The van der Waals surface area contributed by atoms with Crippen LogP contribution in [0.25, 0.3) is 0 Å². The van der Waals surface area contributed by atoms with Gasteiger partial charge in [0.05, 0.1) is 12.6 Å². The average molecular weight is 581 g/mol. The molecule has 1 heterocycles. The van der Waals surface area contributed by atoms with Crippen molar-refractivity contribution in [3.63, 3.8) is 0 Å². The summed E-state index contributed by atoms with van der Waals surface area (Å²) in [6, 6.07) is 5.13. The number of carbonyl (C=O) groups excluding carboxylic acids is 5. The highest BCUT2D eigenvalue weighted by Crippen LogP contribution is 2.31. The Morgan fingerprint density at radius 3 is 2.31 bits per heavy atom. The molecule has 4 amide bonds. The Labute approximate surface area is 248 Å². The first-order chi connectivity index (χ1) is 19.9. The summed E-state index contributed by atoms with van der Waals surface area (Å²) in [5.74, 6) is -2.67. The van der Waals surface area contributed by atoms with Crippen LogP contribution in [0.5, 0.6) is 0 Å². The molecule has 1 aromatic rings. The van der Waals surface area contributed by atoms with Gasteiger partial charge in [-0.05, 0) is 61.0 Å². The minimum absolute atomic E-state index is 0.120. The molecule has 228 valence electrons. The van der Waals surface area contributed by atoms with Crippen molar-refractivity contribution in [1.29, 1.82) is 0 Å². The van der Waals surface area contributed by atoms with E-state index in [1.165, 1.54) is 11.0 Å². The SMILES string of the molecule is C=CCCC(NC(=O)[C@@H]1CCCN1C(=O)[C@@H](NC(=O)OCC(C)(C)C)C1Cc2ccccc2C1)C(=O)C(=O)NCC=C.